The summed E-state index contributed by atoms with van der Waals surface area (Å²) in [6.07, 6.45) is 4.87. The number of oxazole rings is 1. The van der Waals surface area contributed by atoms with E-state index in [4.69, 9.17) is 4.42 Å². The van der Waals surface area contributed by atoms with Crippen molar-refractivity contribution in [3.05, 3.63) is 42.3 Å². The van der Waals surface area contributed by atoms with E-state index in [1.807, 2.05) is 35.2 Å². The van der Waals surface area contributed by atoms with Crippen LogP contribution in [-0.2, 0) is 0 Å². The molecule has 1 aromatic carbocycles. The van der Waals surface area contributed by atoms with E-state index in [1.165, 1.54) is 12.7 Å². The first-order valence-electron chi connectivity index (χ1n) is 8.27. The molecule has 4 rings (SSSR count). The van der Waals surface area contributed by atoms with Crippen LogP contribution >= 0.6 is 12.4 Å². The van der Waals surface area contributed by atoms with Crippen molar-refractivity contribution in [2.45, 2.75) is 19.3 Å². The molecule has 2 fully saturated rings. The molecule has 2 aliphatic rings. The molecular formula is C18H22ClN3O2. The predicted octanol–water partition coefficient (Wildman–Crippen LogP) is 2.98. The van der Waals surface area contributed by atoms with Gasteiger partial charge < -0.3 is 14.6 Å². The molecule has 1 N–H and O–H groups in total. The van der Waals surface area contributed by atoms with E-state index in [0.29, 0.717) is 17.0 Å². The van der Waals surface area contributed by atoms with Gasteiger partial charge in [-0.25, -0.2) is 4.98 Å². The Morgan fingerprint density at radius 2 is 1.92 bits per heavy atom. The third kappa shape index (κ3) is 3.19. The first-order valence-corrected chi connectivity index (χ1v) is 8.27. The molecule has 0 radical (unpaired) electrons. The topological polar surface area (TPSA) is 58.4 Å². The first kappa shape index (κ1) is 17.0. The molecule has 2 aliphatic heterocycles. The van der Waals surface area contributed by atoms with Crippen LogP contribution in [0.1, 0.15) is 29.8 Å². The highest BCUT2D eigenvalue weighted by Gasteiger charge is 2.38. The van der Waals surface area contributed by atoms with Crippen LogP contribution in [0.2, 0.25) is 0 Å². The lowest BCUT2D eigenvalue weighted by atomic mass is 9.78. The SMILES string of the molecule is Cl.O=C(c1coc(-c2ccccc2)n1)N1CCC2(CCNC2)CC1. The van der Waals surface area contributed by atoms with Crippen LogP contribution in [0.5, 0.6) is 0 Å². The minimum atomic E-state index is -0.0169. The van der Waals surface area contributed by atoms with Gasteiger partial charge in [0.05, 0.1) is 0 Å². The monoisotopic (exact) mass is 347 g/mol. The van der Waals surface area contributed by atoms with E-state index in [0.717, 1.165) is 44.6 Å². The van der Waals surface area contributed by atoms with Gasteiger partial charge in [-0.3, -0.25) is 4.79 Å². The minimum Gasteiger partial charge on any atom is -0.444 e. The summed E-state index contributed by atoms with van der Waals surface area (Å²) in [6, 6.07) is 9.66. The van der Waals surface area contributed by atoms with E-state index in [9.17, 15) is 4.79 Å². The molecule has 6 heteroatoms. The Morgan fingerprint density at radius 3 is 2.58 bits per heavy atom. The van der Waals surface area contributed by atoms with Crippen LogP contribution in [0.4, 0.5) is 0 Å². The zero-order chi connectivity index (χ0) is 15.7. The molecule has 3 heterocycles. The number of nitrogens with one attached hydrogen (secondary N) is 1. The van der Waals surface area contributed by atoms with Gasteiger partial charge in [-0.1, -0.05) is 18.2 Å². The van der Waals surface area contributed by atoms with Crippen molar-refractivity contribution in [3.8, 4) is 11.5 Å². The third-order valence-corrected chi connectivity index (χ3v) is 5.19. The molecule has 1 spiro atoms. The van der Waals surface area contributed by atoms with Gasteiger partial charge in [0.1, 0.15) is 6.26 Å². The van der Waals surface area contributed by atoms with Crippen LogP contribution in [0.15, 0.2) is 41.0 Å². The molecule has 0 bridgehead atoms. The average molecular weight is 348 g/mol. The quantitative estimate of drug-likeness (QED) is 0.907. The summed E-state index contributed by atoms with van der Waals surface area (Å²) in [4.78, 5) is 18.9. The molecule has 24 heavy (non-hydrogen) atoms. The number of rotatable bonds is 2. The Kier molecular flexibility index (Phi) is 4.92. The number of piperidine rings is 1. The molecule has 2 saturated heterocycles. The van der Waals surface area contributed by atoms with Gasteiger partial charge in [-0.05, 0) is 43.4 Å². The highest BCUT2D eigenvalue weighted by atomic mass is 35.5. The molecule has 0 atom stereocenters. The Labute approximate surface area is 147 Å². The van der Waals surface area contributed by atoms with E-state index in [-0.39, 0.29) is 18.3 Å². The average Bonchev–Trinajstić information content (AvgIpc) is 3.26. The summed E-state index contributed by atoms with van der Waals surface area (Å²) in [5, 5.41) is 3.45. The zero-order valence-electron chi connectivity index (χ0n) is 13.5. The van der Waals surface area contributed by atoms with Gasteiger partial charge in [0.2, 0.25) is 5.89 Å². The lowest BCUT2D eigenvalue weighted by Gasteiger charge is -2.38. The summed E-state index contributed by atoms with van der Waals surface area (Å²) < 4.78 is 5.49. The van der Waals surface area contributed by atoms with Gasteiger partial charge in [-0.15, -0.1) is 12.4 Å². The Morgan fingerprint density at radius 1 is 1.17 bits per heavy atom. The maximum Gasteiger partial charge on any atom is 0.275 e. The third-order valence-electron chi connectivity index (χ3n) is 5.19. The maximum absolute atomic E-state index is 12.6. The molecule has 5 nitrogen and oxygen atoms in total. The second kappa shape index (κ2) is 6.95. The second-order valence-corrected chi connectivity index (χ2v) is 6.62. The van der Waals surface area contributed by atoms with Crippen molar-refractivity contribution < 1.29 is 9.21 Å². The van der Waals surface area contributed by atoms with E-state index in [2.05, 4.69) is 10.3 Å². The van der Waals surface area contributed by atoms with Gasteiger partial charge in [-0.2, -0.15) is 0 Å². The Balaban J connectivity index is 0.00000169. The second-order valence-electron chi connectivity index (χ2n) is 6.62. The van der Waals surface area contributed by atoms with Crippen molar-refractivity contribution in [3.63, 3.8) is 0 Å². The summed E-state index contributed by atoms with van der Waals surface area (Å²) in [7, 11) is 0. The number of hydrogen-bond donors (Lipinski definition) is 1. The van der Waals surface area contributed by atoms with Crippen molar-refractivity contribution in [1.82, 2.24) is 15.2 Å². The fourth-order valence-corrected chi connectivity index (χ4v) is 3.65. The Hall–Kier alpha value is -1.85. The number of carbonyl (C=O) groups excluding carboxylic acids is 1. The summed E-state index contributed by atoms with van der Waals surface area (Å²) in [5.74, 6) is 0.485. The van der Waals surface area contributed by atoms with Crippen molar-refractivity contribution in [1.29, 1.82) is 0 Å². The molecular weight excluding hydrogens is 326 g/mol. The number of halogens is 1. The number of carbonyl (C=O) groups is 1. The maximum atomic E-state index is 12.6. The normalized spacial score (nSPS) is 19.2. The van der Waals surface area contributed by atoms with Gasteiger partial charge in [0, 0.05) is 25.2 Å². The van der Waals surface area contributed by atoms with E-state index >= 15 is 0 Å². The molecule has 0 aliphatic carbocycles. The summed E-state index contributed by atoms with van der Waals surface area (Å²) >= 11 is 0. The molecule has 1 amide bonds. The van der Waals surface area contributed by atoms with Crippen molar-refractivity contribution in [2.75, 3.05) is 26.2 Å². The predicted molar refractivity (Wildman–Crippen MR) is 94.2 cm³/mol. The standard InChI is InChI=1S/C18H21N3O2.ClH/c22-17(21-10-7-18(8-11-21)6-9-19-13-18)15-12-23-16(20-15)14-4-2-1-3-5-14;/h1-5,12,19H,6-11,13H2;1H. The van der Waals surface area contributed by atoms with Crippen LogP contribution < -0.4 is 5.32 Å². The largest absolute Gasteiger partial charge is 0.444 e. The molecule has 128 valence electrons. The molecule has 0 unspecified atom stereocenters. The number of benzene rings is 1. The van der Waals surface area contributed by atoms with Crippen molar-refractivity contribution in [2.24, 2.45) is 5.41 Å². The van der Waals surface area contributed by atoms with Crippen LogP contribution in [0.3, 0.4) is 0 Å². The highest BCUT2D eigenvalue weighted by molar-refractivity contribution is 5.92. The first-order chi connectivity index (χ1) is 11.3. The van der Waals surface area contributed by atoms with Crippen LogP contribution in [-0.4, -0.2) is 42.0 Å². The number of likely N-dealkylation sites (tertiary alicyclic amines) is 1. The number of nitrogens with zero attached hydrogens (tertiary/aromatic N) is 2. The fourth-order valence-electron chi connectivity index (χ4n) is 3.65. The number of amides is 1. The fraction of sp³-hybridized carbons (Fsp3) is 0.444. The lowest BCUT2D eigenvalue weighted by molar-refractivity contribution is 0.0602. The Bertz CT molecular complexity index is 685. The molecule has 2 aromatic rings. The van der Waals surface area contributed by atoms with E-state index < -0.39 is 0 Å². The van der Waals surface area contributed by atoms with Crippen molar-refractivity contribution >= 4 is 18.3 Å². The molecule has 1 aromatic heterocycles. The lowest BCUT2D eigenvalue weighted by Crippen LogP contribution is -2.44. The minimum absolute atomic E-state index is 0. The zero-order valence-corrected chi connectivity index (χ0v) is 14.3. The summed E-state index contributed by atoms with van der Waals surface area (Å²) in [6.45, 7) is 3.83. The van der Waals surface area contributed by atoms with Gasteiger partial charge >= 0.3 is 0 Å². The van der Waals surface area contributed by atoms with E-state index in [1.54, 1.807) is 0 Å². The number of aromatic nitrogens is 1. The van der Waals surface area contributed by atoms with Crippen LogP contribution in [0, 0.1) is 5.41 Å². The van der Waals surface area contributed by atoms with Gasteiger partial charge in [0.25, 0.3) is 5.91 Å². The summed E-state index contributed by atoms with van der Waals surface area (Å²) in [5.41, 5.74) is 1.71. The van der Waals surface area contributed by atoms with Crippen LogP contribution in [0.25, 0.3) is 11.5 Å². The molecule has 0 saturated carbocycles. The smallest absolute Gasteiger partial charge is 0.275 e. The highest BCUT2D eigenvalue weighted by Crippen LogP contribution is 2.37. The van der Waals surface area contributed by atoms with Gasteiger partial charge in [0.15, 0.2) is 5.69 Å². The number of hydrogen-bond acceptors (Lipinski definition) is 4.